The Hall–Kier alpha value is -4.83. The van der Waals surface area contributed by atoms with Crippen LogP contribution in [0.25, 0.3) is 0 Å². The van der Waals surface area contributed by atoms with Crippen LogP contribution in [0.3, 0.4) is 0 Å². The van der Waals surface area contributed by atoms with E-state index >= 15 is 0 Å². The van der Waals surface area contributed by atoms with Crippen molar-refractivity contribution >= 4 is 33.6 Å². The zero-order valence-corrected chi connectivity index (χ0v) is 73.0. The van der Waals surface area contributed by atoms with Gasteiger partial charge in [-0.15, -0.1) is 0 Å². The van der Waals surface area contributed by atoms with Crippen LogP contribution in [0.15, 0.2) is 158 Å². The predicted octanol–water partition coefficient (Wildman–Crippen LogP) is 27.3. The van der Waals surface area contributed by atoms with Crippen LogP contribution in [0.2, 0.25) is 0 Å². The molecular weight excluding hydrogens is 1460 g/mol. The SMILES string of the molecule is CC/C=C\C/C=C\C/C=C\C/C=C\C/C=C\CCCCCCCCCC(=O)OCC(COP(=O)(O)OCC(O)COP(=O)(O)OCC(O)COC(=O)CCCCCCCCCCCCCCCCCCCCC/C=C\C/C=C\C/C=C\C/C=C\CCCCC)OC(=O)CCCCCCCC/C=C\C/C=C\C/C=C\C/C=C\CC. The van der Waals surface area contributed by atoms with Crippen molar-refractivity contribution < 1.29 is 75.8 Å². The van der Waals surface area contributed by atoms with Crippen LogP contribution < -0.4 is 0 Å². The van der Waals surface area contributed by atoms with Gasteiger partial charge in [-0.1, -0.05) is 359 Å². The number of carbonyl (C=O) groups excluding carboxylic acids is 3. The van der Waals surface area contributed by atoms with E-state index < -0.39 is 91.5 Å². The highest BCUT2D eigenvalue weighted by atomic mass is 31.2. The van der Waals surface area contributed by atoms with E-state index in [2.05, 4.69) is 179 Å². The number of rotatable bonds is 84. The zero-order chi connectivity index (χ0) is 82.2. The lowest BCUT2D eigenvalue weighted by molar-refractivity contribution is -0.161. The van der Waals surface area contributed by atoms with E-state index in [1.165, 1.54) is 128 Å². The van der Waals surface area contributed by atoms with Gasteiger partial charge in [0.25, 0.3) is 0 Å². The third kappa shape index (κ3) is 87.8. The van der Waals surface area contributed by atoms with E-state index in [1.807, 2.05) is 0 Å². The summed E-state index contributed by atoms with van der Waals surface area (Å²) in [7, 11) is -9.81. The van der Waals surface area contributed by atoms with Crippen molar-refractivity contribution in [3.63, 3.8) is 0 Å². The number of aliphatic hydroxyl groups is 2. The summed E-state index contributed by atoms with van der Waals surface area (Å²) in [6.45, 7) is 2.43. The summed E-state index contributed by atoms with van der Waals surface area (Å²) in [5, 5.41) is 20.7. The molecule has 0 fully saturated rings. The van der Waals surface area contributed by atoms with Crippen molar-refractivity contribution in [1.29, 1.82) is 0 Å². The van der Waals surface area contributed by atoms with Crippen molar-refractivity contribution in [1.82, 2.24) is 0 Å². The molecule has 5 unspecified atom stereocenters. The molecule has 0 saturated heterocycles. The first-order valence-electron chi connectivity index (χ1n) is 44.8. The van der Waals surface area contributed by atoms with Crippen molar-refractivity contribution in [3.8, 4) is 0 Å². The molecule has 4 N–H and O–H groups in total. The Morgan fingerprint density at radius 3 is 0.743 bits per heavy atom. The molecule has 0 amide bonds. The molecule has 0 aliphatic rings. The van der Waals surface area contributed by atoms with Gasteiger partial charge in [0.05, 0.1) is 26.4 Å². The van der Waals surface area contributed by atoms with Gasteiger partial charge >= 0.3 is 33.6 Å². The molecule has 5 atom stereocenters. The van der Waals surface area contributed by atoms with Gasteiger partial charge in [0.1, 0.15) is 25.4 Å². The van der Waals surface area contributed by atoms with Crippen molar-refractivity contribution in [2.45, 2.75) is 386 Å². The average Bonchev–Trinajstić information content (AvgIpc) is 0.902. The minimum Gasteiger partial charge on any atom is -0.463 e. The molecule has 648 valence electrons. The van der Waals surface area contributed by atoms with Gasteiger partial charge in [0, 0.05) is 19.3 Å². The summed E-state index contributed by atoms with van der Waals surface area (Å²) in [5.41, 5.74) is 0. The van der Waals surface area contributed by atoms with Crippen LogP contribution in [0.4, 0.5) is 0 Å². The van der Waals surface area contributed by atoms with E-state index in [9.17, 15) is 43.5 Å². The van der Waals surface area contributed by atoms with Gasteiger partial charge in [0.2, 0.25) is 0 Å². The average molecular weight is 1620 g/mol. The van der Waals surface area contributed by atoms with Gasteiger partial charge in [-0.25, -0.2) is 9.13 Å². The summed E-state index contributed by atoms with van der Waals surface area (Å²) in [5.74, 6) is -1.60. The Morgan fingerprint density at radius 1 is 0.257 bits per heavy atom. The highest BCUT2D eigenvalue weighted by Crippen LogP contribution is 2.45. The third-order valence-corrected chi connectivity index (χ3v) is 20.6. The van der Waals surface area contributed by atoms with E-state index in [0.29, 0.717) is 19.3 Å². The fourth-order valence-corrected chi connectivity index (χ4v) is 13.6. The Kier molecular flexibility index (Phi) is 82.8. The largest absolute Gasteiger partial charge is 0.472 e. The first kappa shape index (κ1) is 108. The summed E-state index contributed by atoms with van der Waals surface area (Å²) in [4.78, 5) is 58.9. The predicted molar refractivity (Wildman–Crippen MR) is 472 cm³/mol. The monoisotopic (exact) mass is 1620 g/mol. The minimum absolute atomic E-state index is 0.0814. The number of phosphoric ester groups is 2. The van der Waals surface area contributed by atoms with Crippen molar-refractivity contribution in [3.05, 3.63) is 158 Å². The van der Waals surface area contributed by atoms with Crippen LogP contribution in [-0.4, -0.2) is 95.9 Å². The molecule has 0 radical (unpaired) electrons. The number of aliphatic hydroxyl groups excluding tert-OH is 2. The van der Waals surface area contributed by atoms with Gasteiger partial charge < -0.3 is 34.2 Å². The second-order valence-corrected chi connectivity index (χ2v) is 32.5. The molecule has 0 rings (SSSR count). The standard InChI is InChI=1S/C95H162O16P2/c1-4-7-10-13-16-19-22-25-28-31-34-36-38-39-40-41-42-43-44-45-46-47-48-49-51-53-55-57-60-63-66-69-72-75-78-81-93(98)105-84-90(96)85-107-112(101,102)108-86-91(97)87-109-113(103,104)110-89-92(111-95(100)83-80-77-74-71-68-65-62-59-54-33-30-27-24-21-18-15-12-9-6-3)88-106-94(99)82-79-76-73-70-67-64-61-58-56-52-50-37-35-32-29-26-23-20-17-14-11-8-5-2/h8-9,11-12,16-21,25-30,34-37,39-40,52,54,56,59,90-92,96-97H,4-7,10,13-15,22-24,31-33,38,41-51,53,55,57-58,60-89H2,1-3H3,(H,101,102)(H,103,104)/b11-8-,12-9-,19-16-,20-17-,21-18-,28-25-,29-26-,30-27-,36-34-,37-35-,40-39-,56-52-,59-54-. The normalized spacial score (nSPS) is 14.6. The lowest BCUT2D eigenvalue weighted by Gasteiger charge is -2.21. The number of allylic oxidation sites excluding steroid dienone is 26. The van der Waals surface area contributed by atoms with Gasteiger partial charge in [-0.05, 0) is 148 Å². The van der Waals surface area contributed by atoms with E-state index in [0.717, 1.165) is 180 Å². The van der Waals surface area contributed by atoms with E-state index in [4.69, 9.17) is 32.3 Å². The molecule has 0 aliphatic carbocycles. The Labute approximate surface area is 689 Å². The summed E-state index contributed by atoms with van der Waals surface area (Å²) in [6.07, 6.45) is 110. The van der Waals surface area contributed by atoms with Crippen LogP contribution in [0.1, 0.15) is 367 Å². The number of phosphoric acid groups is 2. The quantitative estimate of drug-likeness (QED) is 0.0146. The second-order valence-electron chi connectivity index (χ2n) is 29.6. The topological polar surface area (TPSA) is 231 Å². The lowest BCUT2D eigenvalue weighted by Crippen LogP contribution is -2.30. The lowest BCUT2D eigenvalue weighted by atomic mass is 10.0. The molecule has 0 heterocycles. The molecule has 16 nitrogen and oxygen atoms in total. The molecule has 18 heteroatoms. The Morgan fingerprint density at radius 2 is 0.469 bits per heavy atom. The smallest absolute Gasteiger partial charge is 0.463 e. The van der Waals surface area contributed by atoms with Crippen LogP contribution in [0, 0.1) is 0 Å². The van der Waals surface area contributed by atoms with Gasteiger partial charge in [0.15, 0.2) is 6.10 Å². The number of esters is 3. The summed E-state index contributed by atoms with van der Waals surface area (Å²) in [6, 6.07) is 0. The van der Waals surface area contributed by atoms with Crippen LogP contribution in [0.5, 0.6) is 0 Å². The fourth-order valence-electron chi connectivity index (χ4n) is 12.0. The molecule has 113 heavy (non-hydrogen) atoms. The highest BCUT2D eigenvalue weighted by molar-refractivity contribution is 7.47. The van der Waals surface area contributed by atoms with E-state index in [-0.39, 0.29) is 19.3 Å². The molecule has 0 aromatic rings. The number of ether oxygens (including phenoxy) is 3. The number of hydrogen-bond donors (Lipinski definition) is 4. The molecule has 0 spiro atoms. The van der Waals surface area contributed by atoms with Crippen molar-refractivity contribution in [2.24, 2.45) is 0 Å². The molecule has 0 saturated carbocycles. The van der Waals surface area contributed by atoms with E-state index in [1.54, 1.807) is 0 Å². The first-order valence-corrected chi connectivity index (χ1v) is 47.8. The maximum absolute atomic E-state index is 13.0. The molecule has 0 aliphatic heterocycles. The highest BCUT2D eigenvalue weighted by Gasteiger charge is 2.29. The van der Waals surface area contributed by atoms with Gasteiger partial charge in [-0.2, -0.15) is 0 Å². The second kappa shape index (κ2) is 86.5. The summed E-state index contributed by atoms with van der Waals surface area (Å²) >= 11 is 0. The summed E-state index contributed by atoms with van der Waals surface area (Å²) < 4.78 is 61.4. The maximum Gasteiger partial charge on any atom is 0.472 e. The number of hydrogen-bond acceptors (Lipinski definition) is 14. The van der Waals surface area contributed by atoms with Crippen LogP contribution >= 0.6 is 15.6 Å². The maximum atomic E-state index is 13.0. The molecule has 0 aromatic heterocycles. The zero-order valence-electron chi connectivity index (χ0n) is 71.3. The first-order chi connectivity index (χ1) is 55.2. The molecule has 0 aromatic carbocycles. The number of carbonyl (C=O) groups is 3. The molecule has 0 bridgehead atoms. The van der Waals surface area contributed by atoms with Crippen LogP contribution in [-0.2, 0) is 55.8 Å². The third-order valence-electron chi connectivity index (χ3n) is 18.7. The van der Waals surface area contributed by atoms with Gasteiger partial charge in [-0.3, -0.25) is 32.5 Å². The Balaban J connectivity index is 4.50. The Bertz CT molecular complexity index is 2680. The fraction of sp³-hybridized carbons (Fsp3) is 0.695. The molecular formula is C95H162O16P2. The van der Waals surface area contributed by atoms with Crippen molar-refractivity contribution in [2.75, 3.05) is 39.6 Å². The number of unbranched alkanes of at least 4 members (excludes halogenated alkanes) is 35. The minimum atomic E-state index is -4.95.